The van der Waals surface area contributed by atoms with Crippen LogP contribution >= 0.6 is 0 Å². The van der Waals surface area contributed by atoms with E-state index in [1.165, 1.54) is 29.5 Å². The van der Waals surface area contributed by atoms with Gasteiger partial charge in [-0.25, -0.2) is 18.9 Å². The Balaban J connectivity index is 1.42. The Hall–Kier alpha value is -4.19. The van der Waals surface area contributed by atoms with Crippen LogP contribution in [0.4, 0.5) is 14.9 Å². The quantitative estimate of drug-likeness (QED) is 0.427. The van der Waals surface area contributed by atoms with Crippen molar-refractivity contribution >= 4 is 11.7 Å². The third-order valence-electron chi connectivity index (χ3n) is 6.22. The second-order valence-corrected chi connectivity index (χ2v) is 8.09. The van der Waals surface area contributed by atoms with Crippen LogP contribution in [0, 0.1) is 5.82 Å². The predicted molar refractivity (Wildman–Crippen MR) is 118 cm³/mol. The predicted octanol–water partition coefficient (Wildman–Crippen LogP) is 1.68. The van der Waals surface area contributed by atoms with Gasteiger partial charge in [-0.1, -0.05) is 18.2 Å². The fourth-order valence-corrected chi connectivity index (χ4v) is 4.33. The number of hydrogen-bond donors (Lipinski definition) is 2. The van der Waals surface area contributed by atoms with Gasteiger partial charge in [0.15, 0.2) is 0 Å². The van der Waals surface area contributed by atoms with E-state index in [1.807, 2.05) is 12.1 Å². The van der Waals surface area contributed by atoms with Gasteiger partial charge in [0.25, 0.3) is 0 Å². The number of carbonyl (C=O) groups excluding carboxylic acids is 1. The zero-order chi connectivity index (χ0) is 23.7. The Labute approximate surface area is 193 Å². The summed E-state index contributed by atoms with van der Waals surface area (Å²) in [6, 6.07) is 12.2. The van der Waals surface area contributed by atoms with E-state index in [1.54, 1.807) is 41.0 Å². The summed E-state index contributed by atoms with van der Waals surface area (Å²) < 4.78 is 16.3. The molecular weight excluding hydrogens is 441 g/mol. The summed E-state index contributed by atoms with van der Waals surface area (Å²) in [5.41, 5.74) is -0.190. The van der Waals surface area contributed by atoms with E-state index < -0.39 is 17.5 Å². The number of tetrazole rings is 1. The molecule has 12 heteroatoms. The van der Waals surface area contributed by atoms with Crippen molar-refractivity contribution in [1.29, 1.82) is 0 Å². The monoisotopic (exact) mass is 463 g/mol. The number of anilines is 1. The summed E-state index contributed by atoms with van der Waals surface area (Å²) in [5.74, 6) is -0.169. The summed E-state index contributed by atoms with van der Waals surface area (Å²) in [5, 5.41) is 29.5. The molecule has 2 aromatic heterocycles. The van der Waals surface area contributed by atoms with Crippen LogP contribution < -0.4 is 4.90 Å². The average Bonchev–Trinajstić information content (AvgIpc) is 3.62. The number of benzene rings is 2. The summed E-state index contributed by atoms with van der Waals surface area (Å²) in [4.78, 5) is 20.7. The molecule has 2 aromatic carbocycles. The minimum Gasteiger partial charge on any atom is -0.382 e. The first-order valence-electron chi connectivity index (χ1n) is 10.7. The highest BCUT2D eigenvalue weighted by Crippen LogP contribution is 2.35. The third-order valence-corrected chi connectivity index (χ3v) is 6.22. The number of H-pyrrole nitrogens is 1. The largest absolute Gasteiger partial charge is 0.382 e. The molecule has 2 amide bonds. The van der Waals surface area contributed by atoms with E-state index in [2.05, 4.69) is 30.7 Å². The molecule has 1 saturated heterocycles. The van der Waals surface area contributed by atoms with Gasteiger partial charge in [0, 0.05) is 30.8 Å². The van der Waals surface area contributed by atoms with Gasteiger partial charge in [-0.15, -0.1) is 5.10 Å². The number of nitrogens with zero attached hydrogens (tertiary/aromatic N) is 8. The van der Waals surface area contributed by atoms with Crippen LogP contribution in [-0.2, 0) is 12.0 Å². The topological polar surface area (TPSA) is 129 Å². The highest BCUT2D eigenvalue weighted by atomic mass is 19.1. The lowest BCUT2D eigenvalue weighted by Gasteiger charge is -2.39. The van der Waals surface area contributed by atoms with Gasteiger partial charge in [0.05, 0.1) is 11.7 Å². The second-order valence-electron chi connectivity index (χ2n) is 8.09. The molecule has 1 fully saturated rings. The normalized spacial score (nSPS) is 16.6. The summed E-state index contributed by atoms with van der Waals surface area (Å²) in [7, 11) is 0. The standard InChI is InChI=1S/C22H22FN9O2/c1-15(22(34,12-20-24-13-25-27-20)18-4-2-3-5-19(18)23)30-10-11-31(21(30)33)16-6-8-17(9-7-16)32-14-26-28-29-32/h2-9,13-15,34H,10-12H2,1H3,(H,24,25,27). The van der Waals surface area contributed by atoms with Gasteiger partial charge < -0.3 is 10.0 Å². The van der Waals surface area contributed by atoms with E-state index in [0.29, 0.717) is 24.6 Å². The smallest absolute Gasteiger partial charge is 0.324 e. The van der Waals surface area contributed by atoms with Crippen molar-refractivity contribution in [1.82, 2.24) is 40.3 Å². The number of carbonyl (C=O) groups is 1. The van der Waals surface area contributed by atoms with Crippen LogP contribution in [0.25, 0.3) is 5.69 Å². The molecule has 0 bridgehead atoms. The Kier molecular flexibility index (Phi) is 5.49. The van der Waals surface area contributed by atoms with Crippen LogP contribution in [0.15, 0.2) is 61.2 Å². The SMILES string of the molecule is CC(N1CCN(c2ccc(-n3cnnn3)cc2)C1=O)C(O)(Cc1ncn[nH]1)c1ccccc1F. The molecule has 2 unspecified atom stereocenters. The Morgan fingerprint density at radius 1 is 1.15 bits per heavy atom. The van der Waals surface area contributed by atoms with E-state index in [0.717, 1.165) is 5.69 Å². The first-order chi connectivity index (χ1) is 16.5. The molecule has 0 spiro atoms. The summed E-state index contributed by atoms with van der Waals surface area (Å²) in [6.07, 6.45) is 2.76. The van der Waals surface area contributed by atoms with Crippen molar-refractivity contribution in [3.05, 3.63) is 78.4 Å². The van der Waals surface area contributed by atoms with Gasteiger partial charge in [-0.3, -0.25) is 10.00 Å². The maximum atomic E-state index is 14.8. The van der Waals surface area contributed by atoms with Crippen molar-refractivity contribution < 1.29 is 14.3 Å². The van der Waals surface area contributed by atoms with Gasteiger partial charge in [-0.2, -0.15) is 5.10 Å². The molecule has 1 aliphatic rings. The number of aromatic nitrogens is 7. The van der Waals surface area contributed by atoms with Crippen LogP contribution in [0.3, 0.4) is 0 Å². The first-order valence-corrected chi connectivity index (χ1v) is 10.7. The summed E-state index contributed by atoms with van der Waals surface area (Å²) in [6.45, 7) is 2.50. The van der Waals surface area contributed by atoms with Gasteiger partial charge in [0.2, 0.25) is 0 Å². The molecular formula is C22H22FN9O2. The lowest BCUT2D eigenvalue weighted by Crippen LogP contribution is -2.52. The van der Waals surface area contributed by atoms with Crippen LogP contribution in [0.1, 0.15) is 18.3 Å². The van der Waals surface area contributed by atoms with E-state index in [9.17, 15) is 14.3 Å². The van der Waals surface area contributed by atoms with Crippen LogP contribution in [-0.4, -0.2) is 70.6 Å². The van der Waals surface area contributed by atoms with Gasteiger partial charge in [-0.05, 0) is 47.7 Å². The highest BCUT2D eigenvalue weighted by molar-refractivity contribution is 5.94. The molecule has 0 saturated carbocycles. The van der Waals surface area contributed by atoms with Crippen molar-refractivity contribution in [3.8, 4) is 5.69 Å². The van der Waals surface area contributed by atoms with Crippen LogP contribution in [0.5, 0.6) is 0 Å². The number of urea groups is 1. The zero-order valence-electron chi connectivity index (χ0n) is 18.3. The number of nitrogens with one attached hydrogen (secondary N) is 1. The van der Waals surface area contributed by atoms with Crippen LogP contribution in [0.2, 0.25) is 0 Å². The third kappa shape index (κ3) is 3.77. The van der Waals surface area contributed by atoms with Crippen molar-refractivity contribution in [2.75, 3.05) is 18.0 Å². The Bertz CT molecular complexity index is 1260. The average molecular weight is 463 g/mol. The Morgan fingerprint density at radius 2 is 1.91 bits per heavy atom. The van der Waals surface area contributed by atoms with Gasteiger partial charge >= 0.3 is 6.03 Å². The van der Waals surface area contributed by atoms with Crippen molar-refractivity contribution in [2.24, 2.45) is 0 Å². The highest BCUT2D eigenvalue weighted by Gasteiger charge is 2.46. The molecule has 2 atom stereocenters. The molecule has 174 valence electrons. The zero-order valence-corrected chi connectivity index (χ0v) is 18.3. The molecule has 2 N–H and O–H groups in total. The molecule has 1 aliphatic heterocycles. The minimum atomic E-state index is -1.74. The molecule has 0 radical (unpaired) electrons. The maximum Gasteiger partial charge on any atom is 0.324 e. The number of halogens is 1. The number of amides is 2. The number of hydrogen-bond acceptors (Lipinski definition) is 7. The molecule has 3 heterocycles. The molecule has 0 aliphatic carbocycles. The molecule has 4 aromatic rings. The molecule has 5 rings (SSSR count). The first kappa shape index (κ1) is 21.6. The number of rotatable bonds is 7. The van der Waals surface area contributed by atoms with E-state index >= 15 is 0 Å². The van der Waals surface area contributed by atoms with E-state index in [4.69, 9.17) is 0 Å². The molecule has 11 nitrogen and oxygen atoms in total. The number of aliphatic hydroxyl groups is 1. The minimum absolute atomic E-state index is 0.0421. The van der Waals surface area contributed by atoms with E-state index in [-0.39, 0.29) is 18.0 Å². The lowest BCUT2D eigenvalue weighted by molar-refractivity contribution is -0.0322. The van der Waals surface area contributed by atoms with Gasteiger partial charge in [0.1, 0.15) is 29.9 Å². The fraction of sp³-hybridized carbons (Fsp3) is 0.273. The lowest BCUT2D eigenvalue weighted by atomic mass is 9.82. The molecule has 34 heavy (non-hydrogen) atoms. The fourth-order valence-electron chi connectivity index (χ4n) is 4.33. The summed E-state index contributed by atoms with van der Waals surface area (Å²) >= 11 is 0. The van der Waals surface area contributed by atoms with Crippen molar-refractivity contribution in [2.45, 2.75) is 25.0 Å². The Morgan fingerprint density at radius 3 is 2.59 bits per heavy atom. The second kappa shape index (κ2) is 8.63. The van der Waals surface area contributed by atoms with Crippen molar-refractivity contribution in [3.63, 3.8) is 0 Å². The number of aromatic amines is 1. The maximum absolute atomic E-state index is 14.8.